The average molecular weight is 235 g/mol. The minimum atomic E-state index is 0.724. The van der Waals surface area contributed by atoms with Crippen LogP contribution in [0.25, 0.3) is 0 Å². The van der Waals surface area contributed by atoms with E-state index in [9.17, 15) is 0 Å². The van der Waals surface area contributed by atoms with Gasteiger partial charge in [0, 0.05) is 31.5 Å². The lowest BCUT2D eigenvalue weighted by Gasteiger charge is -2.17. The van der Waals surface area contributed by atoms with E-state index in [1.807, 2.05) is 13.1 Å². The molecule has 0 saturated heterocycles. The molecule has 17 heavy (non-hydrogen) atoms. The first-order valence-corrected chi connectivity index (χ1v) is 6.38. The molecule has 1 N–H and O–H groups in total. The van der Waals surface area contributed by atoms with Gasteiger partial charge in [-0.3, -0.25) is 4.98 Å². The van der Waals surface area contributed by atoms with E-state index in [2.05, 4.69) is 48.2 Å². The largest absolute Gasteiger partial charge is 0.315 e. The molecule has 0 aliphatic carbocycles. The first-order chi connectivity index (χ1) is 8.08. The van der Waals surface area contributed by atoms with Gasteiger partial charge in [0.2, 0.25) is 0 Å². The number of pyridine rings is 1. The molecule has 0 bridgehead atoms. The van der Waals surface area contributed by atoms with Gasteiger partial charge in [0.25, 0.3) is 0 Å². The first kappa shape index (κ1) is 14.1. The standard InChI is InChI=1S/C14H25N3/c1-12(2)9-15-7-8-17(4)11-14-6-5-13(3)16-10-14/h5-6,10,12,15H,7-9,11H2,1-4H3. The van der Waals surface area contributed by atoms with Gasteiger partial charge in [-0.25, -0.2) is 0 Å². The summed E-state index contributed by atoms with van der Waals surface area (Å²) >= 11 is 0. The summed E-state index contributed by atoms with van der Waals surface area (Å²) in [5.41, 5.74) is 2.36. The smallest absolute Gasteiger partial charge is 0.0372 e. The van der Waals surface area contributed by atoms with Crippen molar-refractivity contribution in [1.82, 2.24) is 15.2 Å². The average Bonchev–Trinajstić information content (AvgIpc) is 2.27. The fraction of sp³-hybridized carbons (Fsp3) is 0.643. The Bertz CT molecular complexity index is 306. The molecular formula is C14H25N3. The third kappa shape index (κ3) is 6.39. The van der Waals surface area contributed by atoms with Gasteiger partial charge in [0.1, 0.15) is 0 Å². The van der Waals surface area contributed by atoms with Gasteiger partial charge < -0.3 is 10.2 Å². The molecule has 96 valence electrons. The molecule has 0 aromatic carbocycles. The summed E-state index contributed by atoms with van der Waals surface area (Å²) in [7, 11) is 2.15. The van der Waals surface area contributed by atoms with Gasteiger partial charge in [0.05, 0.1) is 0 Å². The maximum Gasteiger partial charge on any atom is 0.0372 e. The molecule has 1 rings (SSSR count). The Morgan fingerprint density at radius 3 is 2.71 bits per heavy atom. The Hall–Kier alpha value is -0.930. The molecule has 0 aliphatic heterocycles. The molecule has 0 fully saturated rings. The Balaban J connectivity index is 2.20. The van der Waals surface area contributed by atoms with Gasteiger partial charge in [-0.1, -0.05) is 19.9 Å². The van der Waals surface area contributed by atoms with Gasteiger partial charge in [-0.15, -0.1) is 0 Å². The van der Waals surface area contributed by atoms with Crippen LogP contribution < -0.4 is 5.32 Å². The fourth-order valence-corrected chi connectivity index (χ4v) is 1.64. The maximum atomic E-state index is 4.31. The summed E-state index contributed by atoms with van der Waals surface area (Å²) in [6.45, 7) is 10.7. The molecule has 3 heteroatoms. The zero-order valence-corrected chi connectivity index (χ0v) is 11.5. The molecule has 0 saturated carbocycles. The second kappa shape index (κ2) is 7.41. The zero-order chi connectivity index (χ0) is 12.7. The van der Waals surface area contributed by atoms with Crippen LogP contribution in [-0.4, -0.2) is 36.6 Å². The van der Waals surface area contributed by atoms with Crippen LogP contribution >= 0.6 is 0 Å². The molecular weight excluding hydrogens is 210 g/mol. The quantitative estimate of drug-likeness (QED) is 0.733. The number of likely N-dealkylation sites (N-methyl/N-ethyl adjacent to an activating group) is 1. The van der Waals surface area contributed by atoms with Crippen molar-refractivity contribution in [3.63, 3.8) is 0 Å². The first-order valence-electron chi connectivity index (χ1n) is 6.38. The van der Waals surface area contributed by atoms with Gasteiger partial charge in [-0.05, 0) is 38.1 Å². The van der Waals surface area contributed by atoms with E-state index < -0.39 is 0 Å². The fourth-order valence-electron chi connectivity index (χ4n) is 1.64. The van der Waals surface area contributed by atoms with Crippen molar-refractivity contribution in [3.8, 4) is 0 Å². The zero-order valence-electron chi connectivity index (χ0n) is 11.5. The van der Waals surface area contributed by atoms with Crippen LogP contribution in [0.3, 0.4) is 0 Å². The van der Waals surface area contributed by atoms with Crippen molar-refractivity contribution in [2.75, 3.05) is 26.7 Å². The summed E-state index contributed by atoms with van der Waals surface area (Å²) in [6, 6.07) is 4.22. The lowest BCUT2D eigenvalue weighted by atomic mass is 10.2. The summed E-state index contributed by atoms with van der Waals surface area (Å²) in [5, 5.41) is 3.45. The molecule has 0 spiro atoms. The van der Waals surface area contributed by atoms with Crippen LogP contribution in [0.2, 0.25) is 0 Å². The second-order valence-electron chi connectivity index (χ2n) is 5.14. The molecule has 0 radical (unpaired) electrons. The van der Waals surface area contributed by atoms with Crippen LogP contribution in [-0.2, 0) is 6.54 Å². The van der Waals surface area contributed by atoms with Crippen LogP contribution in [0.15, 0.2) is 18.3 Å². The summed E-state index contributed by atoms with van der Waals surface area (Å²) < 4.78 is 0. The van der Waals surface area contributed by atoms with Crippen LogP contribution in [0, 0.1) is 12.8 Å². The Morgan fingerprint density at radius 1 is 1.35 bits per heavy atom. The van der Waals surface area contributed by atoms with Crippen molar-refractivity contribution in [3.05, 3.63) is 29.6 Å². The molecule has 0 amide bonds. The Labute approximate surface area is 105 Å². The number of nitrogens with zero attached hydrogens (tertiary/aromatic N) is 2. The van der Waals surface area contributed by atoms with E-state index in [1.54, 1.807) is 0 Å². The highest BCUT2D eigenvalue weighted by Gasteiger charge is 2.00. The topological polar surface area (TPSA) is 28.2 Å². The van der Waals surface area contributed by atoms with Crippen molar-refractivity contribution in [1.29, 1.82) is 0 Å². The summed E-state index contributed by atoms with van der Waals surface area (Å²) in [5.74, 6) is 0.724. The van der Waals surface area contributed by atoms with E-state index in [-0.39, 0.29) is 0 Å². The van der Waals surface area contributed by atoms with Crippen molar-refractivity contribution in [2.45, 2.75) is 27.3 Å². The Kier molecular flexibility index (Phi) is 6.16. The normalized spacial score (nSPS) is 11.4. The maximum absolute atomic E-state index is 4.31. The van der Waals surface area contributed by atoms with E-state index in [1.165, 1.54) is 5.56 Å². The summed E-state index contributed by atoms with van der Waals surface area (Å²) in [6.07, 6.45) is 1.97. The van der Waals surface area contributed by atoms with Crippen molar-refractivity contribution in [2.24, 2.45) is 5.92 Å². The molecule has 0 aliphatic rings. The number of aryl methyl sites for hydroxylation is 1. The lowest BCUT2D eigenvalue weighted by Crippen LogP contribution is -2.30. The van der Waals surface area contributed by atoms with Gasteiger partial charge >= 0.3 is 0 Å². The van der Waals surface area contributed by atoms with Gasteiger partial charge in [-0.2, -0.15) is 0 Å². The molecule has 0 unspecified atom stereocenters. The minimum absolute atomic E-state index is 0.724. The molecule has 3 nitrogen and oxygen atoms in total. The van der Waals surface area contributed by atoms with Crippen molar-refractivity contribution < 1.29 is 0 Å². The number of rotatable bonds is 7. The highest BCUT2D eigenvalue weighted by atomic mass is 15.1. The Morgan fingerprint density at radius 2 is 2.12 bits per heavy atom. The second-order valence-corrected chi connectivity index (χ2v) is 5.14. The third-order valence-corrected chi connectivity index (χ3v) is 2.65. The summed E-state index contributed by atoms with van der Waals surface area (Å²) in [4.78, 5) is 6.63. The highest BCUT2D eigenvalue weighted by Crippen LogP contribution is 2.02. The highest BCUT2D eigenvalue weighted by molar-refractivity contribution is 5.12. The number of hydrogen-bond acceptors (Lipinski definition) is 3. The molecule has 1 heterocycles. The van der Waals surface area contributed by atoms with Crippen LogP contribution in [0.1, 0.15) is 25.1 Å². The number of hydrogen-bond donors (Lipinski definition) is 1. The van der Waals surface area contributed by atoms with E-state index in [0.717, 1.165) is 37.8 Å². The molecule has 1 aromatic heterocycles. The van der Waals surface area contributed by atoms with Crippen LogP contribution in [0.4, 0.5) is 0 Å². The predicted molar refractivity (Wildman–Crippen MR) is 73.0 cm³/mol. The number of aromatic nitrogens is 1. The number of nitrogens with one attached hydrogen (secondary N) is 1. The van der Waals surface area contributed by atoms with Gasteiger partial charge in [0.15, 0.2) is 0 Å². The van der Waals surface area contributed by atoms with Crippen molar-refractivity contribution >= 4 is 0 Å². The molecule has 1 aromatic rings. The van der Waals surface area contributed by atoms with E-state index >= 15 is 0 Å². The van der Waals surface area contributed by atoms with Crippen LogP contribution in [0.5, 0.6) is 0 Å². The molecule has 0 atom stereocenters. The lowest BCUT2D eigenvalue weighted by molar-refractivity contribution is 0.321. The SMILES string of the molecule is Cc1ccc(CN(C)CCNCC(C)C)cn1. The predicted octanol–water partition coefficient (Wildman–Crippen LogP) is 2.07. The van der Waals surface area contributed by atoms with E-state index in [0.29, 0.717) is 0 Å². The van der Waals surface area contributed by atoms with E-state index in [4.69, 9.17) is 0 Å². The monoisotopic (exact) mass is 235 g/mol. The third-order valence-electron chi connectivity index (χ3n) is 2.65. The minimum Gasteiger partial charge on any atom is -0.315 e.